The van der Waals surface area contributed by atoms with E-state index in [-0.39, 0.29) is 0 Å². The topological polar surface area (TPSA) is 46.6 Å². The third kappa shape index (κ3) is 4.25. The van der Waals surface area contributed by atoms with Crippen molar-refractivity contribution in [3.05, 3.63) is 53.6 Å². The number of halogens is 1. The lowest BCUT2D eigenvalue weighted by atomic mass is 10.1. The molecular weight excluding hydrogens is 382 g/mol. The van der Waals surface area contributed by atoms with E-state index >= 15 is 0 Å². The Morgan fingerprint density at radius 2 is 1.70 bits per heavy atom. The van der Waals surface area contributed by atoms with Crippen molar-refractivity contribution < 1.29 is 9.47 Å². The maximum atomic E-state index is 6.07. The van der Waals surface area contributed by atoms with Gasteiger partial charge < -0.3 is 9.47 Å². The fraction of sp³-hybridized carbons (Fsp3) is 0.250. The van der Waals surface area contributed by atoms with E-state index in [1.807, 2.05) is 48.5 Å². The minimum Gasteiger partial charge on any atom is -0.497 e. The van der Waals surface area contributed by atoms with Crippen molar-refractivity contribution in [2.24, 2.45) is 0 Å². The minimum absolute atomic E-state index is 0.723. The molecule has 0 bridgehead atoms. The summed E-state index contributed by atoms with van der Waals surface area (Å²) in [6.07, 6.45) is 0. The summed E-state index contributed by atoms with van der Waals surface area (Å²) in [5.74, 6) is 0.827. The Morgan fingerprint density at radius 3 is 2.37 bits per heavy atom. The molecule has 1 aliphatic rings. The van der Waals surface area contributed by atoms with E-state index < -0.39 is 0 Å². The van der Waals surface area contributed by atoms with Gasteiger partial charge in [0, 0.05) is 23.7 Å². The molecule has 3 aromatic rings. The van der Waals surface area contributed by atoms with Crippen molar-refractivity contribution in [1.82, 2.24) is 9.99 Å². The lowest BCUT2D eigenvalue weighted by Crippen LogP contribution is -2.40. The van der Waals surface area contributed by atoms with Crippen molar-refractivity contribution in [2.45, 2.75) is 0 Å². The van der Waals surface area contributed by atoms with Gasteiger partial charge >= 0.3 is 0 Å². The van der Waals surface area contributed by atoms with E-state index in [0.29, 0.717) is 0 Å². The van der Waals surface area contributed by atoms with E-state index in [4.69, 9.17) is 26.1 Å². The third-order valence-electron chi connectivity index (χ3n) is 4.36. The SMILES string of the molecule is COc1ccc(-c2nc(NN3CCOCC3)sc2-c2ccc(Cl)cc2)cc1. The molecule has 1 fully saturated rings. The molecule has 5 nitrogen and oxygen atoms in total. The predicted molar refractivity (Wildman–Crippen MR) is 111 cm³/mol. The number of anilines is 1. The van der Waals surface area contributed by atoms with Crippen LogP contribution in [0.15, 0.2) is 48.5 Å². The number of rotatable bonds is 5. The van der Waals surface area contributed by atoms with Gasteiger partial charge in [-0.15, -0.1) is 0 Å². The van der Waals surface area contributed by atoms with Crippen LogP contribution in [-0.4, -0.2) is 43.4 Å². The maximum absolute atomic E-state index is 6.07. The van der Waals surface area contributed by atoms with Gasteiger partial charge in [0.2, 0.25) is 0 Å². The monoisotopic (exact) mass is 401 g/mol. The summed E-state index contributed by atoms with van der Waals surface area (Å²) in [6.45, 7) is 3.14. The lowest BCUT2D eigenvalue weighted by molar-refractivity contribution is 0.0497. The number of hydrazine groups is 1. The van der Waals surface area contributed by atoms with Gasteiger partial charge in [0.1, 0.15) is 5.75 Å². The average molecular weight is 402 g/mol. The predicted octanol–water partition coefficient (Wildman–Crippen LogP) is 4.80. The number of morpholine rings is 1. The van der Waals surface area contributed by atoms with Crippen LogP contribution in [0.25, 0.3) is 21.7 Å². The highest BCUT2D eigenvalue weighted by Crippen LogP contribution is 2.40. The number of aromatic nitrogens is 1. The summed E-state index contributed by atoms with van der Waals surface area (Å²) >= 11 is 7.70. The number of hydrogen-bond donors (Lipinski definition) is 1. The van der Waals surface area contributed by atoms with Crippen LogP contribution in [0.3, 0.4) is 0 Å². The van der Waals surface area contributed by atoms with Crippen molar-refractivity contribution in [3.63, 3.8) is 0 Å². The van der Waals surface area contributed by atoms with E-state index in [9.17, 15) is 0 Å². The van der Waals surface area contributed by atoms with Gasteiger partial charge in [0.05, 0.1) is 30.9 Å². The fourth-order valence-electron chi connectivity index (χ4n) is 2.92. The highest BCUT2D eigenvalue weighted by Gasteiger charge is 2.18. The van der Waals surface area contributed by atoms with Gasteiger partial charge in [-0.05, 0) is 42.0 Å². The van der Waals surface area contributed by atoms with E-state index in [0.717, 1.165) is 63.9 Å². The van der Waals surface area contributed by atoms with E-state index in [1.54, 1.807) is 18.4 Å². The molecule has 4 rings (SSSR count). The number of nitrogens with zero attached hydrogens (tertiary/aromatic N) is 2. The lowest BCUT2D eigenvalue weighted by Gasteiger charge is -2.26. The van der Waals surface area contributed by atoms with Crippen LogP contribution in [0.4, 0.5) is 5.13 Å². The smallest absolute Gasteiger partial charge is 0.198 e. The van der Waals surface area contributed by atoms with E-state index in [1.165, 1.54) is 0 Å². The highest BCUT2D eigenvalue weighted by molar-refractivity contribution is 7.19. The molecule has 140 valence electrons. The van der Waals surface area contributed by atoms with Gasteiger partial charge in [-0.3, -0.25) is 5.43 Å². The molecular formula is C20H20ClN3O2S. The van der Waals surface area contributed by atoms with Crippen molar-refractivity contribution in [2.75, 3.05) is 38.8 Å². The second kappa shape index (κ2) is 8.27. The molecule has 1 aliphatic heterocycles. The van der Waals surface area contributed by atoms with E-state index in [2.05, 4.69) is 10.4 Å². The third-order valence-corrected chi connectivity index (χ3v) is 5.62. The largest absolute Gasteiger partial charge is 0.497 e. The summed E-state index contributed by atoms with van der Waals surface area (Å²) in [6, 6.07) is 15.8. The molecule has 2 aromatic carbocycles. The van der Waals surface area contributed by atoms with Crippen LogP contribution >= 0.6 is 22.9 Å². The number of methoxy groups -OCH3 is 1. The summed E-state index contributed by atoms with van der Waals surface area (Å²) in [4.78, 5) is 5.98. The number of ether oxygens (including phenoxy) is 2. The minimum atomic E-state index is 0.723. The first-order valence-corrected chi connectivity index (χ1v) is 9.93. The molecule has 1 N–H and O–H groups in total. The summed E-state index contributed by atoms with van der Waals surface area (Å²) < 4.78 is 10.7. The van der Waals surface area contributed by atoms with Crippen molar-refractivity contribution in [3.8, 4) is 27.4 Å². The first-order chi connectivity index (χ1) is 13.2. The average Bonchev–Trinajstić information content (AvgIpc) is 3.13. The molecule has 0 spiro atoms. The first kappa shape index (κ1) is 18.3. The zero-order valence-electron chi connectivity index (χ0n) is 14.9. The van der Waals surface area contributed by atoms with Gasteiger partial charge in [-0.25, -0.2) is 9.99 Å². The van der Waals surface area contributed by atoms with Crippen LogP contribution in [0, 0.1) is 0 Å². The molecule has 1 aromatic heterocycles. The molecule has 0 unspecified atom stereocenters. The molecule has 0 saturated carbocycles. The zero-order chi connectivity index (χ0) is 18.6. The Hall–Kier alpha value is -2.12. The van der Waals surface area contributed by atoms with Crippen LogP contribution in [-0.2, 0) is 4.74 Å². The molecule has 1 saturated heterocycles. The van der Waals surface area contributed by atoms with Crippen LogP contribution in [0.2, 0.25) is 5.02 Å². The Balaban J connectivity index is 1.70. The molecule has 0 radical (unpaired) electrons. The molecule has 0 amide bonds. The second-order valence-electron chi connectivity index (χ2n) is 6.14. The summed E-state index contributed by atoms with van der Waals surface area (Å²) in [5, 5.41) is 3.74. The van der Waals surface area contributed by atoms with Crippen LogP contribution < -0.4 is 10.2 Å². The fourth-order valence-corrected chi connectivity index (χ4v) is 4.06. The summed E-state index contributed by atoms with van der Waals surface area (Å²) in [7, 11) is 1.67. The van der Waals surface area contributed by atoms with Gasteiger partial charge in [0.25, 0.3) is 0 Å². The Bertz CT molecular complexity index is 891. The molecule has 0 aliphatic carbocycles. The zero-order valence-corrected chi connectivity index (χ0v) is 16.5. The molecule has 27 heavy (non-hydrogen) atoms. The molecule has 0 atom stereocenters. The normalized spacial score (nSPS) is 14.9. The Kier molecular flexibility index (Phi) is 5.59. The van der Waals surface area contributed by atoms with Gasteiger partial charge in [-0.2, -0.15) is 0 Å². The van der Waals surface area contributed by atoms with Crippen LogP contribution in [0.1, 0.15) is 0 Å². The van der Waals surface area contributed by atoms with Crippen molar-refractivity contribution in [1.29, 1.82) is 0 Å². The number of nitrogens with one attached hydrogen (secondary N) is 1. The quantitative estimate of drug-likeness (QED) is 0.665. The van der Waals surface area contributed by atoms with Gasteiger partial charge in [0.15, 0.2) is 5.13 Å². The Morgan fingerprint density at radius 1 is 1.04 bits per heavy atom. The number of hydrogen-bond acceptors (Lipinski definition) is 6. The standard InChI is InChI=1S/C20H20ClN3O2S/c1-25-17-8-4-14(5-9-17)18-19(15-2-6-16(21)7-3-15)27-20(22-18)23-24-10-12-26-13-11-24/h2-9H,10-13H2,1H3,(H,22,23). The first-order valence-electron chi connectivity index (χ1n) is 8.73. The Labute approximate surface area is 167 Å². The molecule has 2 heterocycles. The van der Waals surface area contributed by atoms with Gasteiger partial charge in [-0.1, -0.05) is 35.1 Å². The molecule has 7 heteroatoms. The number of thiazole rings is 1. The maximum Gasteiger partial charge on any atom is 0.198 e. The van der Waals surface area contributed by atoms with Crippen molar-refractivity contribution >= 4 is 28.1 Å². The number of benzene rings is 2. The second-order valence-corrected chi connectivity index (χ2v) is 7.58. The summed E-state index contributed by atoms with van der Waals surface area (Å²) in [5.41, 5.74) is 6.51. The van der Waals surface area contributed by atoms with Crippen LogP contribution in [0.5, 0.6) is 5.75 Å². The highest BCUT2D eigenvalue weighted by atomic mass is 35.5.